The summed E-state index contributed by atoms with van der Waals surface area (Å²) in [4.78, 5) is 1.12. The molecule has 1 atom stereocenters. The van der Waals surface area contributed by atoms with Crippen LogP contribution in [0.2, 0.25) is 0 Å². The van der Waals surface area contributed by atoms with Gasteiger partial charge in [0.1, 0.15) is 5.69 Å². The van der Waals surface area contributed by atoms with E-state index in [4.69, 9.17) is 0 Å². The molecule has 1 heteroatoms. The van der Waals surface area contributed by atoms with Gasteiger partial charge in [0.05, 0.1) is 6.20 Å². The van der Waals surface area contributed by atoms with Crippen molar-refractivity contribution in [3.05, 3.63) is 43.1 Å². The highest BCUT2D eigenvalue weighted by molar-refractivity contribution is 5.63. The van der Waals surface area contributed by atoms with Crippen molar-refractivity contribution in [1.29, 1.82) is 0 Å². The molecule has 0 spiro atoms. The Hall–Kier alpha value is -1.08. The first kappa shape index (κ1) is 12.9. The molecule has 1 N–H and O–H groups in total. The lowest BCUT2D eigenvalue weighted by Crippen LogP contribution is -2.95. The number of hydrogen-bond donors (Lipinski definition) is 1. The van der Waals surface area contributed by atoms with E-state index in [2.05, 4.69) is 25.3 Å². The highest BCUT2D eigenvalue weighted by Crippen LogP contribution is 2.15. The minimum Gasteiger partial charge on any atom is -0.408 e. The van der Waals surface area contributed by atoms with Gasteiger partial charge in [0, 0.05) is 11.6 Å². The molecule has 78 valence electrons. The zero-order valence-electron chi connectivity index (χ0n) is 9.67. The van der Waals surface area contributed by atoms with Crippen LogP contribution in [0, 0.1) is 7.05 Å². The molecule has 1 unspecified atom stereocenters. The molecule has 0 aromatic heterocycles. The summed E-state index contributed by atoms with van der Waals surface area (Å²) in [5.41, 5.74) is 2.55. The number of quaternary nitrogens is 1. The third-order valence-corrected chi connectivity index (χ3v) is 1.77. The van der Waals surface area contributed by atoms with E-state index in [0.29, 0.717) is 0 Å². The second-order valence-electron chi connectivity index (χ2n) is 2.45. The van der Waals surface area contributed by atoms with Crippen LogP contribution in [0.25, 0.3) is 6.08 Å². The van der Waals surface area contributed by atoms with Gasteiger partial charge < -0.3 is 4.90 Å². The zero-order valence-corrected chi connectivity index (χ0v) is 9.67. The lowest BCUT2D eigenvalue weighted by atomic mass is 10.2. The van der Waals surface area contributed by atoms with Crippen LogP contribution < -0.4 is 4.90 Å². The molecular weight excluding hydrogens is 170 g/mol. The van der Waals surface area contributed by atoms with Crippen LogP contribution in [-0.4, -0.2) is 0 Å². The highest BCUT2D eigenvalue weighted by Gasteiger charge is 2.08. The molecule has 1 aliphatic heterocycles. The molecule has 0 fully saturated rings. The number of fused-ring (bicyclic) bond motifs is 1. The predicted octanol–water partition coefficient (Wildman–Crippen LogP) is 3.03. The summed E-state index contributed by atoms with van der Waals surface area (Å²) in [5.74, 6) is 0. The maximum Gasteiger partial charge on any atom is 0.116 e. The van der Waals surface area contributed by atoms with Crippen LogP contribution in [0.15, 0.2) is 30.5 Å². The van der Waals surface area contributed by atoms with Crippen molar-refractivity contribution < 1.29 is 4.90 Å². The van der Waals surface area contributed by atoms with Gasteiger partial charge in [-0.1, -0.05) is 39.8 Å². The van der Waals surface area contributed by atoms with Gasteiger partial charge in [0.2, 0.25) is 0 Å². The second kappa shape index (κ2) is 7.34. The standard InChI is InChI=1S/C9H9N.2C2H6/c1-10-7-6-8-4-2-3-5-9(8)10;2*1-2/h2-7,10H,1H2;2*1-2H3. The minimum absolute atomic E-state index is 1.12. The SMILES string of the molecule is CC.CC.[CH2-][NH+]1C=Cc2ccccc21. The zero-order chi connectivity index (χ0) is 11.0. The maximum absolute atomic E-state index is 3.91. The molecule has 2 rings (SSSR count). The fraction of sp³-hybridized carbons (Fsp3) is 0.308. The Labute approximate surface area is 88.1 Å². The summed E-state index contributed by atoms with van der Waals surface area (Å²) >= 11 is 0. The van der Waals surface area contributed by atoms with Crippen molar-refractivity contribution in [2.24, 2.45) is 0 Å². The van der Waals surface area contributed by atoms with Crippen molar-refractivity contribution in [2.45, 2.75) is 27.7 Å². The lowest BCUT2D eigenvalue weighted by molar-refractivity contribution is -0.717. The Morgan fingerprint density at radius 1 is 1.00 bits per heavy atom. The van der Waals surface area contributed by atoms with Gasteiger partial charge in [-0.25, -0.2) is 0 Å². The van der Waals surface area contributed by atoms with Crippen molar-refractivity contribution in [2.75, 3.05) is 0 Å². The number of para-hydroxylation sites is 1. The van der Waals surface area contributed by atoms with Gasteiger partial charge in [-0.3, -0.25) is 0 Å². The Morgan fingerprint density at radius 2 is 1.57 bits per heavy atom. The Bertz CT molecular complexity index is 276. The van der Waals surface area contributed by atoms with E-state index in [1.807, 2.05) is 46.0 Å². The Balaban J connectivity index is 0.000000379. The average molecular weight is 191 g/mol. The molecule has 0 radical (unpaired) electrons. The largest absolute Gasteiger partial charge is 0.408 e. The summed E-state index contributed by atoms with van der Waals surface area (Å²) in [6, 6.07) is 8.28. The van der Waals surface area contributed by atoms with E-state index >= 15 is 0 Å². The third kappa shape index (κ3) is 3.00. The van der Waals surface area contributed by atoms with Crippen LogP contribution in [0.1, 0.15) is 33.3 Å². The first-order valence-corrected chi connectivity index (χ1v) is 5.34. The summed E-state index contributed by atoms with van der Waals surface area (Å²) in [7, 11) is 3.91. The summed E-state index contributed by atoms with van der Waals surface area (Å²) in [6.45, 7) is 8.00. The van der Waals surface area contributed by atoms with Gasteiger partial charge in [0.15, 0.2) is 0 Å². The highest BCUT2D eigenvalue weighted by atomic mass is 15.1. The molecule has 14 heavy (non-hydrogen) atoms. The number of benzene rings is 1. The van der Waals surface area contributed by atoms with Gasteiger partial charge in [0.25, 0.3) is 0 Å². The fourth-order valence-corrected chi connectivity index (χ4v) is 1.21. The number of hydrogen-bond acceptors (Lipinski definition) is 0. The van der Waals surface area contributed by atoms with E-state index in [1.54, 1.807) is 0 Å². The van der Waals surface area contributed by atoms with E-state index in [0.717, 1.165) is 4.90 Å². The molecule has 1 nitrogen and oxygen atoms in total. The Morgan fingerprint density at radius 3 is 2.14 bits per heavy atom. The Kier molecular flexibility index (Phi) is 6.77. The van der Waals surface area contributed by atoms with Gasteiger partial charge >= 0.3 is 0 Å². The van der Waals surface area contributed by atoms with E-state index < -0.39 is 0 Å². The second-order valence-corrected chi connectivity index (χ2v) is 2.45. The van der Waals surface area contributed by atoms with Crippen molar-refractivity contribution in [3.63, 3.8) is 0 Å². The molecule has 1 aromatic carbocycles. The maximum atomic E-state index is 3.91. The van der Waals surface area contributed by atoms with E-state index in [1.165, 1.54) is 11.3 Å². The van der Waals surface area contributed by atoms with Crippen molar-refractivity contribution in [1.82, 2.24) is 0 Å². The van der Waals surface area contributed by atoms with Crippen molar-refractivity contribution in [3.8, 4) is 0 Å². The third-order valence-electron chi connectivity index (χ3n) is 1.77. The molecule has 0 bridgehead atoms. The van der Waals surface area contributed by atoms with Crippen LogP contribution >= 0.6 is 0 Å². The normalized spacial score (nSPS) is 15.9. The molecular formula is C13H21N. The van der Waals surface area contributed by atoms with Crippen LogP contribution in [0.4, 0.5) is 5.69 Å². The van der Waals surface area contributed by atoms with Gasteiger partial charge in [-0.2, -0.15) is 0 Å². The average Bonchev–Trinajstić information content (AvgIpc) is 2.67. The summed E-state index contributed by atoms with van der Waals surface area (Å²) < 4.78 is 0. The number of rotatable bonds is 0. The smallest absolute Gasteiger partial charge is 0.116 e. The topological polar surface area (TPSA) is 4.44 Å². The summed E-state index contributed by atoms with van der Waals surface area (Å²) in [5, 5.41) is 0. The van der Waals surface area contributed by atoms with Gasteiger partial charge in [-0.05, 0) is 12.1 Å². The first-order chi connectivity index (χ1) is 6.88. The molecule has 1 aliphatic rings. The minimum atomic E-state index is 1.12. The fourth-order valence-electron chi connectivity index (χ4n) is 1.21. The van der Waals surface area contributed by atoms with Gasteiger partial charge in [-0.15, -0.1) is 7.05 Å². The van der Waals surface area contributed by atoms with Crippen LogP contribution in [0.3, 0.4) is 0 Å². The van der Waals surface area contributed by atoms with Crippen LogP contribution in [-0.2, 0) is 0 Å². The van der Waals surface area contributed by atoms with Crippen molar-refractivity contribution >= 4 is 11.8 Å². The molecule has 1 aromatic rings. The quantitative estimate of drug-likeness (QED) is 0.601. The molecule has 0 aliphatic carbocycles. The summed E-state index contributed by atoms with van der Waals surface area (Å²) in [6.07, 6.45) is 4.14. The molecule has 0 saturated carbocycles. The number of nitrogens with one attached hydrogen (secondary N) is 1. The first-order valence-electron chi connectivity index (χ1n) is 5.34. The molecule has 1 heterocycles. The van der Waals surface area contributed by atoms with Crippen LogP contribution in [0.5, 0.6) is 0 Å². The van der Waals surface area contributed by atoms with E-state index in [-0.39, 0.29) is 0 Å². The monoisotopic (exact) mass is 191 g/mol. The lowest BCUT2D eigenvalue weighted by Gasteiger charge is -2.10. The molecule has 0 amide bonds. The molecule has 0 saturated heterocycles. The van der Waals surface area contributed by atoms with E-state index in [9.17, 15) is 0 Å². The predicted molar refractivity (Wildman–Crippen MR) is 64.2 cm³/mol.